The van der Waals surface area contributed by atoms with E-state index in [-0.39, 0.29) is 24.5 Å². The van der Waals surface area contributed by atoms with Crippen LogP contribution in [0.5, 0.6) is 0 Å². The molecule has 1 unspecified atom stereocenters. The Morgan fingerprint density at radius 2 is 2.00 bits per heavy atom. The zero-order valence-corrected chi connectivity index (χ0v) is 8.78. The standard InChI is InChI=1S/C8H20N6O/c9-6(4-13-5-7(10)15)2-1-3-14-8(11)12/h6,13H,1-5,9H2,(H2,10,15)(H4,11,12,14). The molecule has 15 heavy (non-hydrogen) atoms. The minimum atomic E-state index is -0.386. The van der Waals surface area contributed by atoms with Gasteiger partial charge in [-0.3, -0.25) is 9.79 Å². The summed E-state index contributed by atoms with van der Waals surface area (Å²) in [5.74, 6) is -0.293. The van der Waals surface area contributed by atoms with Crippen molar-refractivity contribution in [3.8, 4) is 0 Å². The second-order valence-corrected chi connectivity index (χ2v) is 3.31. The maximum Gasteiger partial charge on any atom is 0.231 e. The van der Waals surface area contributed by atoms with E-state index in [0.717, 1.165) is 12.8 Å². The predicted molar refractivity (Wildman–Crippen MR) is 60.0 cm³/mol. The van der Waals surface area contributed by atoms with E-state index < -0.39 is 0 Å². The van der Waals surface area contributed by atoms with Gasteiger partial charge in [-0.25, -0.2) is 0 Å². The first-order chi connectivity index (χ1) is 7.02. The van der Waals surface area contributed by atoms with Crippen LogP contribution in [0, 0.1) is 0 Å². The van der Waals surface area contributed by atoms with E-state index in [9.17, 15) is 4.79 Å². The van der Waals surface area contributed by atoms with E-state index in [1.807, 2.05) is 0 Å². The van der Waals surface area contributed by atoms with Crippen molar-refractivity contribution in [1.82, 2.24) is 5.32 Å². The van der Waals surface area contributed by atoms with Gasteiger partial charge in [0.15, 0.2) is 5.96 Å². The van der Waals surface area contributed by atoms with Crippen LogP contribution in [0.1, 0.15) is 12.8 Å². The third kappa shape index (κ3) is 10.6. The zero-order chi connectivity index (χ0) is 11.7. The third-order valence-corrected chi connectivity index (χ3v) is 1.73. The summed E-state index contributed by atoms with van der Waals surface area (Å²) in [6.45, 7) is 1.29. The fraction of sp³-hybridized carbons (Fsp3) is 0.750. The van der Waals surface area contributed by atoms with Gasteiger partial charge >= 0.3 is 0 Å². The minimum Gasteiger partial charge on any atom is -0.370 e. The molecule has 0 aromatic rings. The molecule has 7 heteroatoms. The monoisotopic (exact) mass is 216 g/mol. The van der Waals surface area contributed by atoms with Crippen molar-refractivity contribution in [2.24, 2.45) is 27.9 Å². The largest absolute Gasteiger partial charge is 0.370 e. The van der Waals surface area contributed by atoms with Crippen LogP contribution in [0.15, 0.2) is 4.99 Å². The normalized spacial score (nSPS) is 12.1. The number of nitrogens with zero attached hydrogens (tertiary/aromatic N) is 1. The summed E-state index contributed by atoms with van der Waals surface area (Å²) in [4.78, 5) is 14.2. The van der Waals surface area contributed by atoms with Crippen LogP contribution in [-0.4, -0.2) is 37.5 Å². The van der Waals surface area contributed by atoms with Crippen LogP contribution in [0.4, 0.5) is 0 Å². The second kappa shape index (κ2) is 8.01. The SMILES string of the molecule is NC(=O)CNCC(N)CCCN=C(N)N. The third-order valence-electron chi connectivity index (χ3n) is 1.73. The number of guanidine groups is 1. The maximum absolute atomic E-state index is 10.4. The summed E-state index contributed by atoms with van der Waals surface area (Å²) in [5.41, 5.74) is 21.0. The van der Waals surface area contributed by atoms with Crippen molar-refractivity contribution < 1.29 is 4.79 Å². The quantitative estimate of drug-likeness (QED) is 0.172. The smallest absolute Gasteiger partial charge is 0.231 e. The molecule has 0 bridgehead atoms. The van der Waals surface area contributed by atoms with E-state index in [1.165, 1.54) is 0 Å². The number of hydrogen-bond donors (Lipinski definition) is 5. The molecule has 0 heterocycles. The molecule has 88 valence electrons. The molecule has 0 aliphatic heterocycles. The number of nitrogens with two attached hydrogens (primary N) is 4. The van der Waals surface area contributed by atoms with Crippen molar-refractivity contribution in [2.75, 3.05) is 19.6 Å². The Bertz CT molecular complexity index is 213. The average Bonchev–Trinajstić information content (AvgIpc) is 2.11. The molecule has 9 N–H and O–H groups in total. The molecule has 0 saturated carbocycles. The van der Waals surface area contributed by atoms with E-state index in [0.29, 0.717) is 13.1 Å². The van der Waals surface area contributed by atoms with Crippen molar-refractivity contribution in [3.05, 3.63) is 0 Å². The van der Waals surface area contributed by atoms with Crippen LogP contribution >= 0.6 is 0 Å². The van der Waals surface area contributed by atoms with Crippen LogP contribution in [0.25, 0.3) is 0 Å². The lowest BCUT2D eigenvalue weighted by molar-refractivity contribution is -0.117. The Kier molecular flexibility index (Phi) is 7.29. The Labute approximate surface area is 89.3 Å². The number of aliphatic imine (C=N–C) groups is 1. The van der Waals surface area contributed by atoms with Crippen LogP contribution in [-0.2, 0) is 4.79 Å². The first-order valence-corrected chi connectivity index (χ1v) is 4.82. The average molecular weight is 216 g/mol. The highest BCUT2D eigenvalue weighted by molar-refractivity contribution is 5.76. The summed E-state index contributed by atoms with van der Waals surface area (Å²) >= 11 is 0. The fourth-order valence-corrected chi connectivity index (χ4v) is 1.04. The second-order valence-electron chi connectivity index (χ2n) is 3.31. The molecule has 0 radical (unpaired) electrons. The van der Waals surface area contributed by atoms with Gasteiger partial charge in [-0.2, -0.15) is 0 Å². The summed E-state index contributed by atoms with van der Waals surface area (Å²) in [5, 5.41) is 2.85. The molecule has 0 aromatic heterocycles. The summed E-state index contributed by atoms with van der Waals surface area (Å²) in [6, 6.07) is -0.0152. The Morgan fingerprint density at radius 3 is 2.53 bits per heavy atom. The summed E-state index contributed by atoms with van der Waals surface area (Å²) in [7, 11) is 0. The summed E-state index contributed by atoms with van der Waals surface area (Å²) < 4.78 is 0. The van der Waals surface area contributed by atoms with Gasteiger partial charge in [-0.15, -0.1) is 0 Å². The number of hydrogen-bond acceptors (Lipinski definition) is 4. The Hall–Kier alpha value is -1.34. The molecular weight excluding hydrogens is 196 g/mol. The maximum atomic E-state index is 10.4. The van der Waals surface area contributed by atoms with Gasteiger partial charge in [0, 0.05) is 19.1 Å². The molecular formula is C8H20N6O. The molecule has 0 saturated heterocycles. The van der Waals surface area contributed by atoms with Crippen LogP contribution in [0.3, 0.4) is 0 Å². The van der Waals surface area contributed by atoms with E-state index in [1.54, 1.807) is 0 Å². The van der Waals surface area contributed by atoms with Crippen molar-refractivity contribution in [1.29, 1.82) is 0 Å². The van der Waals surface area contributed by atoms with Gasteiger partial charge in [-0.05, 0) is 12.8 Å². The van der Waals surface area contributed by atoms with Crippen molar-refractivity contribution in [3.63, 3.8) is 0 Å². The molecule has 0 aliphatic rings. The number of rotatable bonds is 8. The molecule has 0 fully saturated rings. The highest BCUT2D eigenvalue weighted by Crippen LogP contribution is 1.93. The molecule has 0 rings (SSSR count). The van der Waals surface area contributed by atoms with Crippen molar-refractivity contribution >= 4 is 11.9 Å². The number of carbonyl (C=O) groups excluding carboxylic acids is 1. The lowest BCUT2D eigenvalue weighted by atomic mass is 10.1. The molecule has 1 atom stereocenters. The van der Waals surface area contributed by atoms with Crippen LogP contribution < -0.4 is 28.3 Å². The summed E-state index contributed by atoms with van der Waals surface area (Å²) in [6.07, 6.45) is 1.61. The number of nitrogens with one attached hydrogen (secondary N) is 1. The van der Waals surface area contributed by atoms with Gasteiger partial charge < -0.3 is 28.3 Å². The topological polar surface area (TPSA) is 146 Å². The molecule has 0 aromatic carbocycles. The van der Waals surface area contributed by atoms with E-state index in [4.69, 9.17) is 22.9 Å². The highest BCUT2D eigenvalue weighted by atomic mass is 16.1. The molecule has 0 aliphatic carbocycles. The van der Waals surface area contributed by atoms with Crippen molar-refractivity contribution in [2.45, 2.75) is 18.9 Å². The first kappa shape index (κ1) is 13.7. The number of primary amides is 1. The minimum absolute atomic E-state index is 0.0152. The predicted octanol–water partition coefficient (Wildman–Crippen LogP) is -2.56. The molecule has 7 nitrogen and oxygen atoms in total. The Morgan fingerprint density at radius 1 is 1.33 bits per heavy atom. The highest BCUT2D eigenvalue weighted by Gasteiger charge is 2.02. The lowest BCUT2D eigenvalue weighted by Gasteiger charge is -2.10. The fourth-order valence-electron chi connectivity index (χ4n) is 1.04. The Balaban J connectivity index is 3.37. The number of carbonyl (C=O) groups is 1. The van der Waals surface area contributed by atoms with Gasteiger partial charge in [0.05, 0.1) is 6.54 Å². The van der Waals surface area contributed by atoms with E-state index >= 15 is 0 Å². The van der Waals surface area contributed by atoms with E-state index in [2.05, 4.69) is 10.3 Å². The van der Waals surface area contributed by atoms with Gasteiger partial charge in [0.1, 0.15) is 0 Å². The van der Waals surface area contributed by atoms with Gasteiger partial charge in [0.2, 0.25) is 5.91 Å². The first-order valence-electron chi connectivity index (χ1n) is 4.82. The zero-order valence-electron chi connectivity index (χ0n) is 8.78. The van der Waals surface area contributed by atoms with Gasteiger partial charge in [-0.1, -0.05) is 0 Å². The number of amides is 1. The molecule has 1 amide bonds. The lowest BCUT2D eigenvalue weighted by Crippen LogP contribution is -2.38. The molecule has 0 spiro atoms. The van der Waals surface area contributed by atoms with Crippen LogP contribution in [0.2, 0.25) is 0 Å². The van der Waals surface area contributed by atoms with Gasteiger partial charge in [0.25, 0.3) is 0 Å².